The van der Waals surface area contributed by atoms with Crippen LogP contribution in [0.5, 0.6) is 5.75 Å². The molecule has 0 N–H and O–H groups in total. The van der Waals surface area contributed by atoms with Crippen LogP contribution >= 0.6 is 0 Å². The van der Waals surface area contributed by atoms with Crippen LogP contribution in [0.15, 0.2) is 42.9 Å². The summed E-state index contributed by atoms with van der Waals surface area (Å²) in [6.45, 7) is 2.02. The summed E-state index contributed by atoms with van der Waals surface area (Å²) >= 11 is 0. The number of pyridine rings is 1. The number of methoxy groups -OCH3 is 1. The Hall–Kier alpha value is -3.22. The summed E-state index contributed by atoms with van der Waals surface area (Å²) < 4.78 is 23.3. The molecule has 6 nitrogen and oxygen atoms in total. The number of hydrogen-bond acceptors (Lipinski definition) is 4. The summed E-state index contributed by atoms with van der Waals surface area (Å²) in [6, 6.07) is 8.95. The number of benzene rings is 1. The molecule has 0 aliphatic heterocycles. The molecule has 1 aromatic carbocycles. The van der Waals surface area contributed by atoms with Gasteiger partial charge in [-0.3, -0.25) is 9.08 Å². The van der Waals surface area contributed by atoms with E-state index >= 15 is 0 Å². The number of fused-ring (bicyclic) bond motifs is 1. The molecule has 0 aliphatic carbocycles. The number of hydrogen-bond donors (Lipinski definition) is 0. The molecule has 0 saturated heterocycles. The first-order valence-electron chi connectivity index (χ1n) is 8.72. The van der Waals surface area contributed by atoms with Gasteiger partial charge in [-0.2, -0.15) is 5.10 Å². The lowest BCUT2D eigenvalue weighted by molar-refractivity contribution is 0.404. The minimum atomic E-state index is -0.253. The number of aryl methyl sites for hydroxylation is 2. The largest absolute Gasteiger partial charge is 0.496 e. The van der Waals surface area contributed by atoms with Crippen molar-refractivity contribution in [2.45, 2.75) is 19.8 Å². The van der Waals surface area contributed by atoms with Gasteiger partial charge in [-0.05, 0) is 44.0 Å². The molecule has 0 bridgehead atoms. The van der Waals surface area contributed by atoms with E-state index in [-0.39, 0.29) is 5.82 Å². The van der Waals surface area contributed by atoms with Gasteiger partial charge in [0.25, 0.3) is 0 Å². The van der Waals surface area contributed by atoms with Crippen LogP contribution in [0, 0.1) is 12.7 Å². The maximum absolute atomic E-state index is 14.2. The van der Waals surface area contributed by atoms with Crippen LogP contribution in [0.3, 0.4) is 0 Å². The normalized spacial score (nSPS) is 11.3. The molecule has 4 rings (SSSR count). The summed E-state index contributed by atoms with van der Waals surface area (Å²) in [7, 11) is 3.47. The smallest absolute Gasteiger partial charge is 0.168 e. The molecular formula is C20H20FN5O. The molecule has 3 heterocycles. The van der Waals surface area contributed by atoms with Crippen molar-refractivity contribution in [1.29, 1.82) is 0 Å². The molecule has 3 aromatic heterocycles. The summed E-state index contributed by atoms with van der Waals surface area (Å²) in [5.74, 6) is 0.314. The van der Waals surface area contributed by atoms with Gasteiger partial charge in [0.15, 0.2) is 5.65 Å². The highest BCUT2D eigenvalue weighted by Crippen LogP contribution is 2.28. The van der Waals surface area contributed by atoms with E-state index in [0.29, 0.717) is 24.2 Å². The maximum Gasteiger partial charge on any atom is 0.168 e. The zero-order valence-corrected chi connectivity index (χ0v) is 15.5. The molecule has 0 amide bonds. The average Bonchev–Trinajstić information content (AvgIpc) is 3.28. The van der Waals surface area contributed by atoms with Gasteiger partial charge in [-0.15, -0.1) is 10.2 Å². The fourth-order valence-electron chi connectivity index (χ4n) is 3.37. The van der Waals surface area contributed by atoms with Crippen molar-refractivity contribution in [2.24, 2.45) is 7.05 Å². The van der Waals surface area contributed by atoms with Gasteiger partial charge in [-0.25, -0.2) is 4.39 Å². The van der Waals surface area contributed by atoms with E-state index < -0.39 is 0 Å². The lowest BCUT2D eigenvalue weighted by atomic mass is 10.0. The molecule has 4 aromatic rings. The van der Waals surface area contributed by atoms with Gasteiger partial charge < -0.3 is 4.74 Å². The van der Waals surface area contributed by atoms with Gasteiger partial charge in [0.2, 0.25) is 0 Å². The van der Waals surface area contributed by atoms with E-state index in [1.54, 1.807) is 25.6 Å². The topological polar surface area (TPSA) is 57.2 Å². The van der Waals surface area contributed by atoms with E-state index in [2.05, 4.69) is 15.3 Å². The molecule has 0 atom stereocenters. The minimum Gasteiger partial charge on any atom is -0.496 e. The second-order valence-electron chi connectivity index (χ2n) is 6.45. The molecule has 0 unspecified atom stereocenters. The van der Waals surface area contributed by atoms with Crippen LogP contribution in [0.25, 0.3) is 16.8 Å². The third kappa shape index (κ3) is 2.95. The van der Waals surface area contributed by atoms with Gasteiger partial charge in [0, 0.05) is 35.1 Å². The number of halogens is 1. The molecule has 0 fully saturated rings. The fraction of sp³-hybridized carbons (Fsp3) is 0.250. The summed E-state index contributed by atoms with van der Waals surface area (Å²) in [5.41, 5.74) is 5.41. The van der Waals surface area contributed by atoms with Crippen LogP contribution in [0.1, 0.15) is 17.0 Å². The standard InChI is InChI=1S/C20H20FN5O/c1-13-17(11-23-25(13)2)15-9-7-14(26-12-22-24-20(15)26)8-10-16-18(21)5-4-6-19(16)27-3/h4-7,9,11-12H,8,10H2,1-3H3. The first-order chi connectivity index (χ1) is 13.1. The molecule has 0 saturated carbocycles. The van der Waals surface area contributed by atoms with Gasteiger partial charge in [0.1, 0.15) is 17.9 Å². The molecule has 27 heavy (non-hydrogen) atoms. The first kappa shape index (κ1) is 17.2. The Bertz CT molecular complexity index is 1110. The second kappa shape index (κ2) is 6.83. The molecule has 0 spiro atoms. The molecule has 0 radical (unpaired) electrons. The highest BCUT2D eigenvalue weighted by molar-refractivity contribution is 5.78. The number of aromatic nitrogens is 5. The predicted octanol–water partition coefficient (Wildman–Crippen LogP) is 3.37. The van der Waals surface area contributed by atoms with Crippen LogP contribution in [0.4, 0.5) is 4.39 Å². The lowest BCUT2D eigenvalue weighted by Gasteiger charge is -2.11. The van der Waals surface area contributed by atoms with Crippen molar-refractivity contribution in [1.82, 2.24) is 24.4 Å². The Morgan fingerprint density at radius 2 is 1.96 bits per heavy atom. The summed E-state index contributed by atoms with van der Waals surface area (Å²) in [4.78, 5) is 0. The van der Waals surface area contributed by atoms with E-state index in [1.807, 2.05) is 41.4 Å². The number of rotatable bonds is 5. The van der Waals surface area contributed by atoms with Crippen molar-refractivity contribution in [3.63, 3.8) is 0 Å². The van der Waals surface area contributed by atoms with Crippen LogP contribution in [0.2, 0.25) is 0 Å². The Morgan fingerprint density at radius 3 is 2.70 bits per heavy atom. The van der Waals surface area contributed by atoms with E-state index in [0.717, 1.165) is 28.2 Å². The van der Waals surface area contributed by atoms with Crippen molar-refractivity contribution in [3.8, 4) is 16.9 Å². The second-order valence-corrected chi connectivity index (χ2v) is 6.45. The van der Waals surface area contributed by atoms with Gasteiger partial charge in [-0.1, -0.05) is 6.07 Å². The molecule has 0 aliphatic rings. The highest BCUT2D eigenvalue weighted by Gasteiger charge is 2.15. The Balaban J connectivity index is 1.70. The first-order valence-corrected chi connectivity index (χ1v) is 8.72. The maximum atomic E-state index is 14.2. The van der Waals surface area contributed by atoms with Crippen molar-refractivity contribution >= 4 is 5.65 Å². The van der Waals surface area contributed by atoms with E-state index in [9.17, 15) is 4.39 Å². The Kier molecular flexibility index (Phi) is 4.35. The SMILES string of the molecule is COc1cccc(F)c1CCc1ccc(-c2cnn(C)c2C)c2nncn12. The number of ether oxygens (including phenoxy) is 1. The monoisotopic (exact) mass is 365 g/mol. The fourth-order valence-corrected chi connectivity index (χ4v) is 3.37. The molecule has 7 heteroatoms. The van der Waals surface area contributed by atoms with Crippen molar-refractivity contribution < 1.29 is 9.13 Å². The van der Waals surface area contributed by atoms with Crippen molar-refractivity contribution in [2.75, 3.05) is 7.11 Å². The molecular weight excluding hydrogens is 345 g/mol. The van der Waals surface area contributed by atoms with E-state index in [1.165, 1.54) is 6.07 Å². The summed E-state index contributed by atoms with van der Waals surface area (Å²) in [6.07, 6.45) is 4.69. The Morgan fingerprint density at radius 1 is 1.11 bits per heavy atom. The lowest BCUT2D eigenvalue weighted by Crippen LogP contribution is -2.03. The van der Waals surface area contributed by atoms with Crippen LogP contribution < -0.4 is 4.74 Å². The zero-order valence-electron chi connectivity index (χ0n) is 15.5. The summed E-state index contributed by atoms with van der Waals surface area (Å²) in [5, 5.41) is 12.7. The van der Waals surface area contributed by atoms with Gasteiger partial charge in [0.05, 0.1) is 13.3 Å². The van der Waals surface area contributed by atoms with Gasteiger partial charge >= 0.3 is 0 Å². The van der Waals surface area contributed by atoms with E-state index in [4.69, 9.17) is 4.74 Å². The minimum absolute atomic E-state index is 0.253. The third-order valence-electron chi connectivity index (χ3n) is 4.99. The predicted molar refractivity (Wildman–Crippen MR) is 100 cm³/mol. The van der Waals surface area contributed by atoms with Crippen molar-refractivity contribution in [3.05, 3.63) is 65.6 Å². The highest BCUT2D eigenvalue weighted by atomic mass is 19.1. The van der Waals surface area contributed by atoms with Crippen LogP contribution in [-0.2, 0) is 19.9 Å². The number of nitrogens with zero attached hydrogens (tertiary/aromatic N) is 5. The third-order valence-corrected chi connectivity index (χ3v) is 4.99. The Labute approximate surface area is 156 Å². The molecule has 138 valence electrons. The zero-order chi connectivity index (χ0) is 19.0. The average molecular weight is 365 g/mol. The van der Waals surface area contributed by atoms with Crippen LogP contribution in [-0.4, -0.2) is 31.5 Å². The quantitative estimate of drug-likeness (QED) is 0.544.